The van der Waals surface area contributed by atoms with E-state index < -0.39 is 0 Å². The first kappa shape index (κ1) is 14.2. The fourth-order valence-corrected chi connectivity index (χ4v) is 0.922. The fraction of sp³-hybridized carbons (Fsp3) is 0.200. The number of hydrogen-bond donors (Lipinski definition) is 0. The maximum absolute atomic E-state index is 5.63. The minimum Gasteiger partial charge on any atom is -0.458 e. The zero-order valence-corrected chi connectivity index (χ0v) is 10.3. The monoisotopic (exact) mass is 216 g/mol. The van der Waals surface area contributed by atoms with E-state index in [0.29, 0.717) is 0 Å². The van der Waals surface area contributed by atoms with Crippen molar-refractivity contribution >= 4 is 0 Å². The second-order valence-corrected chi connectivity index (χ2v) is 2.98. The summed E-state index contributed by atoms with van der Waals surface area (Å²) < 4.78 is 5.63. The Labute approximate surface area is 98.8 Å². The van der Waals surface area contributed by atoms with Crippen LogP contribution in [0.4, 0.5) is 0 Å². The second-order valence-electron chi connectivity index (χ2n) is 2.98. The molecule has 0 aromatic heterocycles. The summed E-state index contributed by atoms with van der Waals surface area (Å²) in [4.78, 5) is 0. The number of ether oxygens (including phenoxy) is 1. The standard InChI is InChI=1S/C15H20O/c1-5-9-11-13-15(8-4)16-14(7-3)12-10-6-2/h5-13H,3H2,1-2,4H3/b9-5-,10-6-,13-11-,14-12+,15-8+. The molecular weight excluding hydrogens is 196 g/mol. The van der Waals surface area contributed by atoms with E-state index in [0.717, 1.165) is 11.5 Å². The van der Waals surface area contributed by atoms with Crippen molar-refractivity contribution in [3.05, 3.63) is 72.8 Å². The molecule has 0 aliphatic carbocycles. The summed E-state index contributed by atoms with van der Waals surface area (Å²) in [6.07, 6.45) is 17.1. The highest BCUT2D eigenvalue weighted by atomic mass is 16.5. The molecular formula is C15H20O. The Balaban J connectivity index is 4.58. The number of allylic oxidation sites excluding steroid dienone is 9. The Morgan fingerprint density at radius 2 is 1.62 bits per heavy atom. The van der Waals surface area contributed by atoms with Gasteiger partial charge < -0.3 is 4.74 Å². The average Bonchev–Trinajstić information content (AvgIpc) is 2.32. The molecule has 0 heterocycles. The zero-order valence-electron chi connectivity index (χ0n) is 10.3. The zero-order chi connectivity index (χ0) is 12.2. The normalized spacial score (nSPS) is 14.2. The molecule has 0 aromatic rings. The average molecular weight is 216 g/mol. The number of hydrogen-bond acceptors (Lipinski definition) is 1. The third-order valence-corrected chi connectivity index (χ3v) is 1.74. The summed E-state index contributed by atoms with van der Waals surface area (Å²) in [6, 6.07) is 0. The van der Waals surface area contributed by atoms with Crippen LogP contribution in [0.2, 0.25) is 0 Å². The van der Waals surface area contributed by atoms with E-state index in [2.05, 4.69) is 6.58 Å². The van der Waals surface area contributed by atoms with Gasteiger partial charge in [0, 0.05) is 0 Å². The molecule has 0 aromatic carbocycles. The van der Waals surface area contributed by atoms with Crippen LogP contribution in [0.15, 0.2) is 72.8 Å². The highest BCUT2D eigenvalue weighted by molar-refractivity contribution is 5.23. The van der Waals surface area contributed by atoms with Crippen LogP contribution >= 0.6 is 0 Å². The van der Waals surface area contributed by atoms with Gasteiger partial charge in [0.25, 0.3) is 0 Å². The van der Waals surface area contributed by atoms with Crippen LogP contribution in [0, 0.1) is 0 Å². The van der Waals surface area contributed by atoms with E-state index in [9.17, 15) is 0 Å². The first-order valence-electron chi connectivity index (χ1n) is 5.37. The third kappa shape index (κ3) is 6.66. The predicted molar refractivity (Wildman–Crippen MR) is 71.9 cm³/mol. The first-order chi connectivity index (χ1) is 7.78. The Kier molecular flexibility index (Phi) is 8.71. The van der Waals surface area contributed by atoms with Crippen LogP contribution in [0.25, 0.3) is 0 Å². The quantitative estimate of drug-likeness (QED) is 0.462. The summed E-state index contributed by atoms with van der Waals surface area (Å²) in [5.41, 5.74) is 0. The van der Waals surface area contributed by atoms with Crippen molar-refractivity contribution in [3.63, 3.8) is 0 Å². The van der Waals surface area contributed by atoms with Crippen molar-refractivity contribution in [2.24, 2.45) is 0 Å². The molecule has 0 unspecified atom stereocenters. The molecule has 0 fully saturated rings. The molecule has 0 rings (SSSR count). The van der Waals surface area contributed by atoms with Crippen molar-refractivity contribution < 1.29 is 4.74 Å². The Hall–Kier alpha value is -1.76. The second kappa shape index (κ2) is 9.78. The summed E-state index contributed by atoms with van der Waals surface area (Å²) >= 11 is 0. The molecule has 16 heavy (non-hydrogen) atoms. The molecule has 0 atom stereocenters. The Bertz CT molecular complexity index is 338. The molecule has 0 saturated carbocycles. The van der Waals surface area contributed by atoms with Crippen LogP contribution in [0.1, 0.15) is 20.8 Å². The maximum Gasteiger partial charge on any atom is 0.126 e. The lowest BCUT2D eigenvalue weighted by Crippen LogP contribution is -1.87. The summed E-state index contributed by atoms with van der Waals surface area (Å²) in [6.45, 7) is 9.57. The van der Waals surface area contributed by atoms with Crippen molar-refractivity contribution in [2.75, 3.05) is 0 Å². The van der Waals surface area contributed by atoms with Crippen molar-refractivity contribution in [1.82, 2.24) is 0 Å². The molecule has 1 heteroatoms. The summed E-state index contributed by atoms with van der Waals surface area (Å²) in [5, 5.41) is 0. The Morgan fingerprint density at radius 1 is 0.938 bits per heavy atom. The van der Waals surface area contributed by atoms with Gasteiger partial charge in [-0.2, -0.15) is 0 Å². The van der Waals surface area contributed by atoms with E-state index in [4.69, 9.17) is 4.74 Å². The lowest BCUT2D eigenvalue weighted by Gasteiger charge is -2.05. The van der Waals surface area contributed by atoms with E-state index >= 15 is 0 Å². The SMILES string of the molecule is C=C/C(=C\C=C/C)OC(/C=C\C=C/C)=C/C. The van der Waals surface area contributed by atoms with Crippen LogP contribution in [-0.2, 0) is 4.74 Å². The van der Waals surface area contributed by atoms with Gasteiger partial charge in [-0.15, -0.1) is 0 Å². The fourth-order valence-electron chi connectivity index (χ4n) is 0.922. The maximum atomic E-state index is 5.63. The van der Waals surface area contributed by atoms with Crippen LogP contribution in [0.5, 0.6) is 0 Å². The first-order valence-corrected chi connectivity index (χ1v) is 5.37. The van der Waals surface area contributed by atoms with Gasteiger partial charge in [0.15, 0.2) is 0 Å². The smallest absolute Gasteiger partial charge is 0.126 e. The largest absolute Gasteiger partial charge is 0.458 e. The van der Waals surface area contributed by atoms with E-state index in [1.807, 2.05) is 69.4 Å². The van der Waals surface area contributed by atoms with Crippen LogP contribution < -0.4 is 0 Å². The van der Waals surface area contributed by atoms with Crippen LogP contribution in [-0.4, -0.2) is 0 Å². The topological polar surface area (TPSA) is 9.23 Å². The van der Waals surface area contributed by atoms with Gasteiger partial charge in [0.1, 0.15) is 11.5 Å². The van der Waals surface area contributed by atoms with Gasteiger partial charge in [-0.1, -0.05) is 37.0 Å². The van der Waals surface area contributed by atoms with Gasteiger partial charge in [-0.25, -0.2) is 0 Å². The van der Waals surface area contributed by atoms with Crippen molar-refractivity contribution in [1.29, 1.82) is 0 Å². The predicted octanol–water partition coefficient (Wildman–Crippen LogP) is 4.69. The molecule has 1 nitrogen and oxygen atoms in total. The molecule has 0 saturated heterocycles. The summed E-state index contributed by atoms with van der Waals surface area (Å²) in [5.74, 6) is 1.53. The highest BCUT2D eigenvalue weighted by Crippen LogP contribution is 2.09. The van der Waals surface area contributed by atoms with Gasteiger partial charge in [0.2, 0.25) is 0 Å². The molecule has 0 bridgehead atoms. The molecule has 0 amide bonds. The van der Waals surface area contributed by atoms with Gasteiger partial charge >= 0.3 is 0 Å². The van der Waals surface area contributed by atoms with Gasteiger partial charge in [-0.3, -0.25) is 0 Å². The number of rotatable bonds is 6. The van der Waals surface area contributed by atoms with Gasteiger partial charge in [-0.05, 0) is 45.1 Å². The third-order valence-electron chi connectivity index (χ3n) is 1.74. The molecule has 0 spiro atoms. The molecule has 86 valence electrons. The van der Waals surface area contributed by atoms with E-state index in [-0.39, 0.29) is 0 Å². The van der Waals surface area contributed by atoms with Crippen molar-refractivity contribution in [3.8, 4) is 0 Å². The molecule has 0 aliphatic rings. The van der Waals surface area contributed by atoms with Crippen molar-refractivity contribution in [2.45, 2.75) is 20.8 Å². The minimum atomic E-state index is 0.733. The molecule has 0 aliphatic heterocycles. The molecule has 0 N–H and O–H groups in total. The van der Waals surface area contributed by atoms with Crippen LogP contribution in [0.3, 0.4) is 0 Å². The minimum absolute atomic E-state index is 0.733. The highest BCUT2D eigenvalue weighted by Gasteiger charge is 1.93. The van der Waals surface area contributed by atoms with E-state index in [1.54, 1.807) is 6.08 Å². The lowest BCUT2D eigenvalue weighted by molar-refractivity contribution is 0.335. The lowest BCUT2D eigenvalue weighted by atomic mass is 10.3. The van der Waals surface area contributed by atoms with E-state index in [1.165, 1.54) is 0 Å². The Morgan fingerprint density at radius 3 is 2.12 bits per heavy atom. The van der Waals surface area contributed by atoms with Gasteiger partial charge in [0.05, 0.1) is 0 Å². The summed E-state index contributed by atoms with van der Waals surface area (Å²) in [7, 11) is 0. The molecule has 0 radical (unpaired) electrons.